The van der Waals surface area contributed by atoms with Crippen LogP contribution in [0.2, 0.25) is 0 Å². The van der Waals surface area contributed by atoms with E-state index in [2.05, 4.69) is 10.6 Å². The van der Waals surface area contributed by atoms with Gasteiger partial charge in [-0.15, -0.1) is 0 Å². The minimum absolute atomic E-state index is 0.0314. The molecule has 1 fully saturated rings. The molecule has 0 atom stereocenters. The summed E-state index contributed by atoms with van der Waals surface area (Å²) < 4.78 is 6.75. The van der Waals surface area contributed by atoms with E-state index in [4.69, 9.17) is 4.42 Å². The summed E-state index contributed by atoms with van der Waals surface area (Å²) in [6, 6.07) is 12.7. The van der Waals surface area contributed by atoms with Gasteiger partial charge in [-0.25, -0.2) is 4.79 Å². The molecule has 2 N–H and O–H groups in total. The third-order valence-electron chi connectivity index (χ3n) is 5.09. The topological polar surface area (TPSA) is 93.3 Å². The Balaban J connectivity index is 1.35. The Hall–Kier alpha value is -3.35. The minimum atomic E-state index is -0.415. The first-order valence-electron chi connectivity index (χ1n) is 9.81. The molecule has 2 aromatic carbocycles. The van der Waals surface area contributed by atoms with Gasteiger partial charge in [0.25, 0.3) is 0 Å². The number of hydrogen-bond acceptors (Lipinski definition) is 4. The maximum absolute atomic E-state index is 12.4. The number of benzene rings is 2. The van der Waals surface area contributed by atoms with Crippen LogP contribution in [0.4, 0.5) is 11.4 Å². The van der Waals surface area contributed by atoms with Gasteiger partial charge in [0.15, 0.2) is 5.58 Å². The molecule has 1 heterocycles. The number of amides is 2. The van der Waals surface area contributed by atoms with Crippen molar-refractivity contribution in [1.29, 1.82) is 0 Å². The van der Waals surface area contributed by atoms with Crippen LogP contribution >= 0.6 is 0 Å². The summed E-state index contributed by atoms with van der Waals surface area (Å²) in [6.07, 6.45) is 2.66. The van der Waals surface area contributed by atoms with Gasteiger partial charge in [-0.2, -0.15) is 0 Å². The molecule has 3 aromatic rings. The summed E-state index contributed by atoms with van der Waals surface area (Å²) in [5.74, 6) is -0.401. The third-order valence-corrected chi connectivity index (χ3v) is 5.09. The third kappa shape index (κ3) is 4.39. The fourth-order valence-corrected chi connectivity index (χ4v) is 3.26. The van der Waals surface area contributed by atoms with Gasteiger partial charge in [0, 0.05) is 30.3 Å². The Morgan fingerprint density at radius 1 is 1.14 bits per heavy atom. The smallest absolute Gasteiger partial charge is 0.408 e. The maximum atomic E-state index is 12.4. The van der Waals surface area contributed by atoms with E-state index >= 15 is 0 Å². The van der Waals surface area contributed by atoms with E-state index in [9.17, 15) is 14.4 Å². The molecule has 0 saturated heterocycles. The molecule has 0 spiro atoms. The molecule has 150 valence electrons. The zero-order valence-electron chi connectivity index (χ0n) is 16.2. The highest BCUT2D eigenvalue weighted by atomic mass is 16.4. The zero-order chi connectivity index (χ0) is 20.4. The first-order chi connectivity index (χ1) is 14.0. The fraction of sp³-hybridized carbons (Fsp3) is 0.318. The number of aryl methyl sites for hydroxylation is 2. The Morgan fingerprint density at radius 3 is 2.72 bits per heavy atom. The van der Waals surface area contributed by atoms with Crippen molar-refractivity contribution in [1.82, 2.24) is 4.57 Å². The molecule has 7 heteroatoms. The molecule has 29 heavy (non-hydrogen) atoms. The lowest BCUT2D eigenvalue weighted by molar-refractivity contribution is -0.117. The maximum Gasteiger partial charge on any atom is 0.419 e. The van der Waals surface area contributed by atoms with E-state index in [1.165, 1.54) is 0 Å². The van der Waals surface area contributed by atoms with E-state index in [1.54, 1.807) is 16.7 Å². The van der Waals surface area contributed by atoms with E-state index in [0.29, 0.717) is 29.9 Å². The molecule has 1 aliphatic rings. The molecule has 1 saturated carbocycles. The Labute approximate surface area is 167 Å². The summed E-state index contributed by atoms with van der Waals surface area (Å²) in [5.41, 5.74) is 3.55. The van der Waals surface area contributed by atoms with E-state index in [-0.39, 0.29) is 24.2 Å². The predicted molar refractivity (Wildman–Crippen MR) is 111 cm³/mol. The van der Waals surface area contributed by atoms with Crippen LogP contribution in [0.3, 0.4) is 0 Å². The molecular formula is C22H23N3O4. The van der Waals surface area contributed by atoms with Crippen molar-refractivity contribution in [2.75, 3.05) is 10.6 Å². The van der Waals surface area contributed by atoms with Gasteiger partial charge in [-0.05, 0) is 56.0 Å². The predicted octanol–water partition coefficient (Wildman–Crippen LogP) is 3.67. The van der Waals surface area contributed by atoms with Crippen LogP contribution in [0.25, 0.3) is 11.1 Å². The van der Waals surface area contributed by atoms with Crippen LogP contribution in [0.5, 0.6) is 0 Å². The fourth-order valence-electron chi connectivity index (χ4n) is 3.26. The molecule has 0 bridgehead atoms. The van der Waals surface area contributed by atoms with Crippen LogP contribution in [0, 0.1) is 12.8 Å². The number of carbonyl (C=O) groups excluding carboxylic acids is 2. The number of nitrogens with one attached hydrogen (secondary N) is 2. The standard InChI is InChI=1S/C22H23N3O4/c1-14-8-11-16(23-21(27)15-9-10-15)13-17(14)24-20(26)7-4-12-25-18-5-2-3-6-19(18)29-22(25)28/h2-3,5-6,8,11,13,15H,4,7,9-10,12H2,1H3,(H,23,27)(H,24,26). The lowest BCUT2D eigenvalue weighted by Crippen LogP contribution is -2.17. The van der Waals surface area contributed by atoms with Gasteiger partial charge in [-0.3, -0.25) is 14.2 Å². The first-order valence-corrected chi connectivity index (χ1v) is 9.81. The molecule has 1 aliphatic carbocycles. The molecule has 1 aromatic heterocycles. The number of fused-ring (bicyclic) bond motifs is 1. The molecule has 0 radical (unpaired) electrons. The van der Waals surface area contributed by atoms with Gasteiger partial charge < -0.3 is 15.1 Å². The van der Waals surface area contributed by atoms with Crippen molar-refractivity contribution < 1.29 is 14.0 Å². The quantitative estimate of drug-likeness (QED) is 0.640. The number of carbonyl (C=O) groups is 2. The number of nitrogens with zero attached hydrogens (tertiary/aromatic N) is 1. The van der Waals surface area contributed by atoms with Crippen molar-refractivity contribution >= 4 is 34.3 Å². The zero-order valence-corrected chi connectivity index (χ0v) is 16.2. The van der Waals surface area contributed by atoms with Gasteiger partial charge in [-0.1, -0.05) is 18.2 Å². The lowest BCUT2D eigenvalue weighted by Gasteiger charge is -2.11. The van der Waals surface area contributed by atoms with Crippen molar-refractivity contribution in [3.8, 4) is 0 Å². The SMILES string of the molecule is Cc1ccc(NC(=O)C2CC2)cc1NC(=O)CCCn1c(=O)oc2ccccc21. The first kappa shape index (κ1) is 19.0. The largest absolute Gasteiger partial charge is 0.419 e. The van der Waals surface area contributed by atoms with Crippen LogP contribution in [-0.4, -0.2) is 16.4 Å². The molecule has 7 nitrogen and oxygen atoms in total. The molecule has 0 unspecified atom stereocenters. The average molecular weight is 393 g/mol. The average Bonchev–Trinajstić information content (AvgIpc) is 3.49. The summed E-state index contributed by atoms with van der Waals surface area (Å²) in [6.45, 7) is 2.30. The second-order valence-electron chi connectivity index (χ2n) is 7.43. The highest BCUT2D eigenvalue weighted by molar-refractivity contribution is 5.96. The molecular weight excluding hydrogens is 370 g/mol. The van der Waals surface area contributed by atoms with Crippen molar-refractivity contribution in [2.24, 2.45) is 5.92 Å². The Morgan fingerprint density at radius 2 is 1.93 bits per heavy atom. The minimum Gasteiger partial charge on any atom is -0.408 e. The number of hydrogen-bond donors (Lipinski definition) is 2. The van der Waals surface area contributed by atoms with E-state index < -0.39 is 5.76 Å². The highest BCUT2D eigenvalue weighted by Crippen LogP contribution is 2.30. The molecule has 0 aliphatic heterocycles. The number of aromatic nitrogens is 1. The highest BCUT2D eigenvalue weighted by Gasteiger charge is 2.29. The number of para-hydroxylation sites is 2. The molecule has 4 rings (SSSR count). The van der Waals surface area contributed by atoms with Gasteiger partial charge in [0.1, 0.15) is 0 Å². The van der Waals surface area contributed by atoms with Gasteiger partial charge >= 0.3 is 5.76 Å². The van der Waals surface area contributed by atoms with Crippen LogP contribution in [0.15, 0.2) is 51.7 Å². The lowest BCUT2D eigenvalue weighted by atomic mass is 10.1. The second kappa shape index (κ2) is 7.95. The molecule has 2 amide bonds. The van der Waals surface area contributed by atoms with Gasteiger partial charge in [0.05, 0.1) is 5.52 Å². The van der Waals surface area contributed by atoms with E-state index in [0.717, 1.165) is 23.9 Å². The monoisotopic (exact) mass is 393 g/mol. The summed E-state index contributed by atoms with van der Waals surface area (Å²) in [7, 11) is 0. The Bertz CT molecular complexity index is 1120. The van der Waals surface area contributed by atoms with Crippen molar-refractivity contribution in [3.63, 3.8) is 0 Å². The number of oxazole rings is 1. The summed E-state index contributed by atoms with van der Waals surface area (Å²) >= 11 is 0. The summed E-state index contributed by atoms with van der Waals surface area (Å²) in [4.78, 5) is 36.3. The van der Waals surface area contributed by atoms with Crippen LogP contribution < -0.4 is 16.4 Å². The van der Waals surface area contributed by atoms with Crippen molar-refractivity contribution in [3.05, 3.63) is 58.6 Å². The second-order valence-corrected chi connectivity index (χ2v) is 7.43. The van der Waals surface area contributed by atoms with Gasteiger partial charge in [0.2, 0.25) is 11.8 Å². The van der Waals surface area contributed by atoms with Crippen LogP contribution in [0.1, 0.15) is 31.2 Å². The number of rotatable bonds is 7. The van der Waals surface area contributed by atoms with Crippen LogP contribution in [-0.2, 0) is 16.1 Å². The van der Waals surface area contributed by atoms with E-state index in [1.807, 2.05) is 37.3 Å². The van der Waals surface area contributed by atoms with Crippen molar-refractivity contribution in [2.45, 2.75) is 39.2 Å². The normalized spacial score (nSPS) is 13.4. The Kier molecular flexibility index (Phi) is 5.20. The summed E-state index contributed by atoms with van der Waals surface area (Å²) in [5, 5.41) is 5.79. The number of anilines is 2.